The maximum absolute atomic E-state index is 5.93. The van der Waals surface area contributed by atoms with Gasteiger partial charge in [-0.25, -0.2) is 4.98 Å². The predicted octanol–water partition coefficient (Wildman–Crippen LogP) is 4.35. The van der Waals surface area contributed by atoms with Gasteiger partial charge in [-0.2, -0.15) is 0 Å². The van der Waals surface area contributed by atoms with Crippen LogP contribution in [0.3, 0.4) is 0 Å². The molecule has 0 bridgehead atoms. The summed E-state index contributed by atoms with van der Waals surface area (Å²) < 4.78 is 1.11. The third-order valence-corrected chi connectivity index (χ3v) is 3.62. The number of thiazole rings is 1. The molecule has 0 saturated heterocycles. The zero-order chi connectivity index (χ0) is 12.4. The molecular weight excluding hydrogens is 262 g/mol. The van der Waals surface area contributed by atoms with E-state index >= 15 is 0 Å². The van der Waals surface area contributed by atoms with Gasteiger partial charge in [-0.05, 0) is 36.3 Å². The van der Waals surface area contributed by atoms with Gasteiger partial charge >= 0.3 is 0 Å². The van der Waals surface area contributed by atoms with E-state index in [2.05, 4.69) is 16.8 Å². The number of hydrogen-bond donors (Lipinski definition) is 0. The lowest BCUT2D eigenvalue weighted by molar-refractivity contribution is 1.45. The van der Waals surface area contributed by atoms with E-state index in [9.17, 15) is 0 Å². The van der Waals surface area contributed by atoms with Crippen molar-refractivity contribution in [2.24, 2.45) is 0 Å². The third kappa shape index (κ3) is 2.38. The first-order chi connectivity index (χ1) is 8.81. The monoisotopic (exact) mass is 269 g/mol. The molecule has 86 valence electrons. The van der Waals surface area contributed by atoms with Gasteiger partial charge in [0.05, 0.1) is 10.2 Å². The molecular formula is C15H8ClNS. The second-order valence-corrected chi connectivity index (χ2v) is 5.21. The molecule has 3 aromatic rings. The summed E-state index contributed by atoms with van der Waals surface area (Å²) in [6, 6.07) is 15.6. The van der Waals surface area contributed by atoms with Crippen LogP contribution in [0.4, 0.5) is 0 Å². The van der Waals surface area contributed by atoms with Crippen molar-refractivity contribution in [2.45, 2.75) is 0 Å². The van der Waals surface area contributed by atoms with Crippen LogP contribution in [0.1, 0.15) is 10.6 Å². The molecule has 0 aliphatic rings. The number of nitrogens with zero attached hydrogens (tertiary/aromatic N) is 1. The molecule has 0 aliphatic carbocycles. The van der Waals surface area contributed by atoms with E-state index in [0.29, 0.717) is 5.02 Å². The highest BCUT2D eigenvalue weighted by molar-refractivity contribution is 7.19. The fourth-order valence-electron chi connectivity index (χ4n) is 1.60. The highest BCUT2D eigenvalue weighted by Crippen LogP contribution is 2.24. The molecule has 0 fully saturated rings. The Morgan fingerprint density at radius 3 is 2.67 bits per heavy atom. The van der Waals surface area contributed by atoms with Crippen molar-refractivity contribution >= 4 is 33.2 Å². The second-order valence-electron chi connectivity index (χ2n) is 3.75. The molecule has 1 heterocycles. The van der Waals surface area contributed by atoms with Crippen LogP contribution >= 0.6 is 22.9 Å². The van der Waals surface area contributed by atoms with E-state index in [1.165, 1.54) is 0 Å². The fourth-order valence-corrected chi connectivity index (χ4v) is 2.57. The van der Waals surface area contributed by atoms with Crippen LogP contribution in [0.2, 0.25) is 5.02 Å². The Hall–Kier alpha value is -1.82. The highest BCUT2D eigenvalue weighted by atomic mass is 35.5. The average Bonchev–Trinajstić information content (AvgIpc) is 2.79. The van der Waals surface area contributed by atoms with Crippen molar-refractivity contribution in [3.63, 3.8) is 0 Å². The van der Waals surface area contributed by atoms with Crippen molar-refractivity contribution in [3.8, 4) is 11.8 Å². The zero-order valence-electron chi connectivity index (χ0n) is 9.35. The molecule has 2 aromatic carbocycles. The minimum Gasteiger partial charge on any atom is -0.228 e. The first kappa shape index (κ1) is 11.3. The Kier molecular flexibility index (Phi) is 3.02. The SMILES string of the molecule is Clc1ccc2sc(C#Cc3ccccc3)nc2c1. The molecule has 0 amide bonds. The Morgan fingerprint density at radius 2 is 1.83 bits per heavy atom. The van der Waals surface area contributed by atoms with Crippen LogP contribution in [-0.2, 0) is 0 Å². The van der Waals surface area contributed by atoms with Gasteiger partial charge in [0, 0.05) is 10.6 Å². The quantitative estimate of drug-likeness (QED) is 0.553. The van der Waals surface area contributed by atoms with Crippen molar-refractivity contribution in [1.29, 1.82) is 0 Å². The van der Waals surface area contributed by atoms with E-state index in [1.807, 2.05) is 48.5 Å². The first-order valence-corrected chi connectivity index (χ1v) is 6.64. The highest BCUT2D eigenvalue weighted by Gasteiger charge is 2.01. The van der Waals surface area contributed by atoms with Crippen molar-refractivity contribution < 1.29 is 0 Å². The molecule has 0 spiro atoms. The fraction of sp³-hybridized carbons (Fsp3) is 0. The normalized spacial score (nSPS) is 10.1. The van der Waals surface area contributed by atoms with Crippen LogP contribution in [-0.4, -0.2) is 4.98 Å². The van der Waals surface area contributed by atoms with Gasteiger partial charge in [0.1, 0.15) is 0 Å². The van der Waals surface area contributed by atoms with Gasteiger partial charge < -0.3 is 0 Å². The van der Waals surface area contributed by atoms with Crippen LogP contribution < -0.4 is 0 Å². The molecule has 0 saturated carbocycles. The number of hydrogen-bond acceptors (Lipinski definition) is 2. The summed E-state index contributed by atoms with van der Waals surface area (Å²) in [7, 11) is 0. The van der Waals surface area contributed by atoms with E-state index in [4.69, 9.17) is 11.6 Å². The second kappa shape index (κ2) is 4.81. The minimum atomic E-state index is 0.704. The average molecular weight is 270 g/mol. The summed E-state index contributed by atoms with van der Waals surface area (Å²) in [5.74, 6) is 6.19. The number of halogens is 1. The molecule has 0 unspecified atom stereocenters. The molecule has 0 atom stereocenters. The maximum Gasteiger partial charge on any atom is 0.168 e. The lowest BCUT2D eigenvalue weighted by Gasteiger charge is -1.86. The first-order valence-electron chi connectivity index (χ1n) is 5.44. The summed E-state index contributed by atoms with van der Waals surface area (Å²) in [6.07, 6.45) is 0. The standard InChI is InChI=1S/C15H8ClNS/c16-12-7-8-14-13(10-12)17-15(18-14)9-6-11-4-2-1-3-5-11/h1-5,7-8,10H. The van der Waals surface area contributed by atoms with Gasteiger partial charge in [0.2, 0.25) is 0 Å². The van der Waals surface area contributed by atoms with E-state index in [-0.39, 0.29) is 0 Å². The van der Waals surface area contributed by atoms with Gasteiger partial charge in [0.25, 0.3) is 0 Å². The van der Waals surface area contributed by atoms with Crippen LogP contribution in [0, 0.1) is 11.8 Å². The maximum atomic E-state index is 5.93. The number of aromatic nitrogens is 1. The zero-order valence-corrected chi connectivity index (χ0v) is 10.9. The smallest absolute Gasteiger partial charge is 0.168 e. The van der Waals surface area contributed by atoms with E-state index < -0.39 is 0 Å². The van der Waals surface area contributed by atoms with E-state index in [0.717, 1.165) is 20.8 Å². The predicted molar refractivity (Wildman–Crippen MR) is 77.1 cm³/mol. The summed E-state index contributed by atoms with van der Waals surface area (Å²) in [4.78, 5) is 4.45. The molecule has 1 aromatic heterocycles. The summed E-state index contributed by atoms with van der Waals surface area (Å²) in [5, 5.41) is 1.52. The Morgan fingerprint density at radius 1 is 1.00 bits per heavy atom. The lowest BCUT2D eigenvalue weighted by atomic mass is 10.2. The van der Waals surface area contributed by atoms with Gasteiger partial charge in [-0.3, -0.25) is 0 Å². The van der Waals surface area contributed by atoms with Crippen LogP contribution in [0.15, 0.2) is 48.5 Å². The molecule has 3 rings (SSSR count). The van der Waals surface area contributed by atoms with Gasteiger partial charge in [-0.15, -0.1) is 11.3 Å². The molecule has 1 nitrogen and oxygen atoms in total. The molecule has 3 heteroatoms. The van der Waals surface area contributed by atoms with Gasteiger partial charge in [0.15, 0.2) is 5.01 Å². The Bertz CT molecular complexity index is 750. The van der Waals surface area contributed by atoms with Crippen molar-refractivity contribution in [1.82, 2.24) is 4.98 Å². The molecule has 0 aliphatic heterocycles. The van der Waals surface area contributed by atoms with Crippen LogP contribution in [0.25, 0.3) is 10.2 Å². The number of benzene rings is 2. The third-order valence-electron chi connectivity index (χ3n) is 2.44. The van der Waals surface area contributed by atoms with Crippen molar-refractivity contribution in [2.75, 3.05) is 0 Å². The number of rotatable bonds is 0. The topological polar surface area (TPSA) is 12.9 Å². The number of fused-ring (bicyclic) bond motifs is 1. The van der Waals surface area contributed by atoms with Crippen LogP contribution in [0.5, 0.6) is 0 Å². The molecule has 0 radical (unpaired) electrons. The molecule has 18 heavy (non-hydrogen) atoms. The minimum absolute atomic E-state index is 0.704. The van der Waals surface area contributed by atoms with Gasteiger partial charge in [-0.1, -0.05) is 35.7 Å². The Labute approximate surface area is 114 Å². The van der Waals surface area contributed by atoms with E-state index in [1.54, 1.807) is 11.3 Å². The molecule has 0 N–H and O–H groups in total. The summed E-state index contributed by atoms with van der Waals surface area (Å²) >= 11 is 7.51. The lowest BCUT2D eigenvalue weighted by Crippen LogP contribution is -1.73. The Balaban J connectivity index is 1.99. The summed E-state index contributed by atoms with van der Waals surface area (Å²) in [5.41, 5.74) is 1.90. The summed E-state index contributed by atoms with van der Waals surface area (Å²) in [6.45, 7) is 0. The van der Waals surface area contributed by atoms with Crippen molar-refractivity contribution in [3.05, 3.63) is 64.1 Å². The largest absolute Gasteiger partial charge is 0.228 e.